The minimum atomic E-state index is 0.0306. The Kier molecular flexibility index (Phi) is 3.90. The molecular formula is C14H22O. The molecule has 1 unspecified atom stereocenters. The molecule has 0 saturated carbocycles. The fourth-order valence-corrected chi connectivity index (χ4v) is 2.30. The Hall–Kier alpha value is -0.850. The van der Waals surface area contributed by atoms with E-state index < -0.39 is 0 Å². The van der Waals surface area contributed by atoms with Crippen molar-refractivity contribution in [1.29, 1.82) is 0 Å². The first-order valence-corrected chi connectivity index (χ1v) is 5.81. The van der Waals surface area contributed by atoms with Crippen molar-refractivity contribution in [2.75, 3.05) is 0 Å². The zero-order valence-corrected chi connectivity index (χ0v) is 10.3. The predicted octanol–water partition coefficient (Wildman–Crippen LogP) is 3.90. The number of aldehydes is 1. The van der Waals surface area contributed by atoms with Gasteiger partial charge < -0.3 is 4.79 Å². The lowest BCUT2D eigenvalue weighted by Gasteiger charge is -2.33. The largest absolute Gasteiger partial charge is 0.303 e. The van der Waals surface area contributed by atoms with Crippen LogP contribution in [0.4, 0.5) is 0 Å². The molecule has 0 aromatic heterocycles. The lowest BCUT2D eigenvalue weighted by molar-refractivity contribution is -0.109. The van der Waals surface area contributed by atoms with Gasteiger partial charge in [0.2, 0.25) is 0 Å². The van der Waals surface area contributed by atoms with Crippen molar-refractivity contribution >= 4 is 6.29 Å². The van der Waals surface area contributed by atoms with Crippen molar-refractivity contribution in [3.05, 3.63) is 23.3 Å². The van der Waals surface area contributed by atoms with E-state index in [-0.39, 0.29) is 11.3 Å². The topological polar surface area (TPSA) is 17.1 Å². The molecule has 0 aliphatic heterocycles. The molecule has 84 valence electrons. The first-order chi connectivity index (χ1) is 6.97. The van der Waals surface area contributed by atoms with Crippen LogP contribution < -0.4 is 0 Å². The smallest absolute Gasteiger partial charge is 0.126 e. The number of carbonyl (C=O) groups excluding carboxylic acids is 1. The minimum absolute atomic E-state index is 0.0306. The van der Waals surface area contributed by atoms with E-state index in [1.165, 1.54) is 30.4 Å². The van der Waals surface area contributed by atoms with E-state index in [0.29, 0.717) is 0 Å². The molecule has 15 heavy (non-hydrogen) atoms. The summed E-state index contributed by atoms with van der Waals surface area (Å²) in [6.45, 7) is 8.73. The Labute approximate surface area is 93.3 Å². The van der Waals surface area contributed by atoms with Gasteiger partial charge in [0.25, 0.3) is 0 Å². The van der Waals surface area contributed by atoms with Crippen molar-refractivity contribution in [2.45, 2.75) is 47.0 Å². The van der Waals surface area contributed by atoms with Gasteiger partial charge in [-0.3, -0.25) is 0 Å². The highest BCUT2D eigenvalue weighted by Crippen LogP contribution is 2.40. The van der Waals surface area contributed by atoms with Crippen LogP contribution in [0.5, 0.6) is 0 Å². The maximum Gasteiger partial charge on any atom is 0.126 e. The van der Waals surface area contributed by atoms with Crippen LogP contribution in [0.25, 0.3) is 0 Å². The molecule has 1 rings (SSSR count). The zero-order chi connectivity index (χ0) is 11.5. The van der Waals surface area contributed by atoms with E-state index in [0.717, 1.165) is 6.29 Å². The second kappa shape index (κ2) is 4.78. The maximum absolute atomic E-state index is 10.6. The summed E-state index contributed by atoms with van der Waals surface area (Å²) >= 11 is 0. The van der Waals surface area contributed by atoms with Gasteiger partial charge in [0.15, 0.2) is 0 Å². The average Bonchev–Trinajstić information content (AvgIpc) is 2.15. The summed E-state index contributed by atoms with van der Waals surface area (Å²) in [5.74, 6) is 0.0306. The molecule has 0 fully saturated rings. The summed E-state index contributed by atoms with van der Waals surface area (Å²) in [4.78, 5) is 10.6. The lowest BCUT2D eigenvalue weighted by Crippen LogP contribution is -2.19. The molecule has 1 heteroatoms. The molecule has 1 nitrogen and oxygen atoms in total. The van der Waals surface area contributed by atoms with Gasteiger partial charge in [0.05, 0.1) is 0 Å². The number of allylic oxidation sites excluding steroid dienone is 4. The molecule has 1 aliphatic rings. The molecule has 1 aliphatic carbocycles. The van der Waals surface area contributed by atoms with Crippen LogP contribution in [-0.2, 0) is 4.79 Å². The van der Waals surface area contributed by atoms with E-state index >= 15 is 0 Å². The molecule has 0 bridgehead atoms. The third kappa shape index (κ3) is 3.05. The SMILES string of the molecule is CC1=C(/C=C/C(C)C=O)C(C)(C)CCC1. The summed E-state index contributed by atoms with van der Waals surface area (Å²) in [7, 11) is 0. The molecule has 0 spiro atoms. The molecule has 1 atom stereocenters. The summed E-state index contributed by atoms with van der Waals surface area (Å²) in [5, 5.41) is 0. The second-order valence-corrected chi connectivity index (χ2v) is 5.29. The molecule has 0 N–H and O–H groups in total. The third-order valence-corrected chi connectivity index (χ3v) is 3.32. The fourth-order valence-electron chi connectivity index (χ4n) is 2.30. The highest BCUT2D eigenvalue weighted by atomic mass is 16.1. The van der Waals surface area contributed by atoms with E-state index in [1.54, 1.807) is 0 Å². The molecule has 0 aromatic rings. The van der Waals surface area contributed by atoms with Crippen LogP contribution in [0.2, 0.25) is 0 Å². The Morgan fingerprint density at radius 1 is 1.40 bits per heavy atom. The van der Waals surface area contributed by atoms with Crippen molar-refractivity contribution in [2.24, 2.45) is 11.3 Å². The van der Waals surface area contributed by atoms with Crippen molar-refractivity contribution < 1.29 is 4.79 Å². The van der Waals surface area contributed by atoms with Crippen LogP contribution in [0, 0.1) is 11.3 Å². The van der Waals surface area contributed by atoms with Gasteiger partial charge in [-0.25, -0.2) is 0 Å². The third-order valence-electron chi connectivity index (χ3n) is 3.32. The quantitative estimate of drug-likeness (QED) is 0.640. The van der Waals surface area contributed by atoms with E-state index in [1.807, 2.05) is 13.0 Å². The van der Waals surface area contributed by atoms with Crippen LogP contribution in [-0.4, -0.2) is 6.29 Å². The van der Waals surface area contributed by atoms with Crippen molar-refractivity contribution in [3.8, 4) is 0 Å². The number of hydrogen-bond acceptors (Lipinski definition) is 1. The van der Waals surface area contributed by atoms with Crippen molar-refractivity contribution in [1.82, 2.24) is 0 Å². The first kappa shape index (κ1) is 12.2. The van der Waals surface area contributed by atoms with Gasteiger partial charge in [-0.2, -0.15) is 0 Å². The van der Waals surface area contributed by atoms with Gasteiger partial charge in [-0.15, -0.1) is 0 Å². The van der Waals surface area contributed by atoms with Gasteiger partial charge in [0.1, 0.15) is 6.29 Å². The zero-order valence-electron chi connectivity index (χ0n) is 10.3. The maximum atomic E-state index is 10.6. The van der Waals surface area contributed by atoms with Gasteiger partial charge in [0, 0.05) is 5.92 Å². The van der Waals surface area contributed by atoms with Gasteiger partial charge in [-0.1, -0.05) is 38.5 Å². The van der Waals surface area contributed by atoms with E-state index in [9.17, 15) is 4.79 Å². The van der Waals surface area contributed by atoms with Crippen LogP contribution in [0.1, 0.15) is 47.0 Å². The van der Waals surface area contributed by atoms with Crippen LogP contribution in [0.3, 0.4) is 0 Å². The number of carbonyl (C=O) groups is 1. The monoisotopic (exact) mass is 206 g/mol. The average molecular weight is 206 g/mol. The molecular weight excluding hydrogens is 184 g/mol. The van der Waals surface area contributed by atoms with Gasteiger partial charge in [-0.05, 0) is 37.2 Å². The molecule has 0 amide bonds. The molecule has 0 saturated heterocycles. The Morgan fingerprint density at radius 3 is 2.60 bits per heavy atom. The summed E-state index contributed by atoms with van der Waals surface area (Å²) in [6, 6.07) is 0. The first-order valence-electron chi connectivity index (χ1n) is 5.81. The number of hydrogen-bond donors (Lipinski definition) is 0. The Balaban J connectivity index is 2.89. The van der Waals surface area contributed by atoms with Crippen LogP contribution >= 0.6 is 0 Å². The highest BCUT2D eigenvalue weighted by molar-refractivity contribution is 5.56. The molecule has 0 heterocycles. The normalized spacial score (nSPS) is 23.2. The Morgan fingerprint density at radius 2 is 2.07 bits per heavy atom. The van der Waals surface area contributed by atoms with Gasteiger partial charge >= 0.3 is 0 Å². The van der Waals surface area contributed by atoms with Crippen molar-refractivity contribution in [3.63, 3.8) is 0 Å². The lowest BCUT2D eigenvalue weighted by atomic mass is 9.72. The fraction of sp³-hybridized carbons (Fsp3) is 0.643. The van der Waals surface area contributed by atoms with E-state index in [4.69, 9.17) is 0 Å². The molecule has 0 radical (unpaired) electrons. The second-order valence-electron chi connectivity index (χ2n) is 5.29. The summed E-state index contributed by atoms with van der Waals surface area (Å²) in [5.41, 5.74) is 3.20. The van der Waals surface area contributed by atoms with Crippen LogP contribution in [0.15, 0.2) is 23.3 Å². The minimum Gasteiger partial charge on any atom is -0.303 e. The summed E-state index contributed by atoms with van der Waals surface area (Å²) < 4.78 is 0. The van der Waals surface area contributed by atoms with E-state index in [2.05, 4.69) is 26.8 Å². The number of rotatable bonds is 3. The highest BCUT2D eigenvalue weighted by Gasteiger charge is 2.26. The Bertz CT molecular complexity index is 294. The standard InChI is InChI=1S/C14H22O/c1-11(10-15)7-8-13-12(2)6-5-9-14(13,3)4/h7-8,10-11H,5-6,9H2,1-4H3/b8-7+. The predicted molar refractivity (Wildman–Crippen MR) is 64.7 cm³/mol. The summed E-state index contributed by atoms with van der Waals surface area (Å²) in [6.07, 6.45) is 8.91. The molecule has 0 aromatic carbocycles.